The van der Waals surface area contributed by atoms with Crippen LogP contribution >= 0.6 is 0 Å². The summed E-state index contributed by atoms with van der Waals surface area (Å²) in [6.07, 6.45) is 5.23. The molecule has 6 rings (SSSR count). The molecule has 7 nitrogen and oxygen atoms in total. The Morgan fingerprint density at radius 2 is 1.60 bits per heavy atom. The highest BCUT2D eigenvalue weighted by Crippen LogP contribution is 2.55. The van der Waals surface area contributed by atoms with E-state index in [2.05, 4.69) is 32.9 Å². The number of hydrogen-bond acceptors (Lipinski definition) is 4. The van der Waals surface area contributed by atoms with Crippen LogP contribution in [0, 0.1) is 10.8 Å². The molecule has 1 aromatic heterocycles. The average Bonchev–Trinajstić information content (AvgIpc) is 3.31. The molecule has 0 spiro atoms. The number of carboxylic acids is 1. The lowest BCUT2D eigenvalue weighted by molar-refractivity contribution is 0.0679. The number of amides is 1. The fourth-order valence-corrected chi connectivity index (χ4v) is 7.05. The first-order chi connectivity index (χ1) is 20.4. The van der Waals surface area contributed by atoms with E-state index in [1.54, 1.807) is 25.1 Å². The minimum Gasteiger partial charge on any atom is -0.478 e. The van der Waals surface area contributed by atoms with Crippen molar-refractivity contribution in [3.8, 4) is 11.4 Å². The first kappa shape index (κ1) is 28.3. The molecule has 0 bridgehead atoms. The zero-order valence-corrected chi connectivity index (χ0v) is 25.1. The Hall–Kier alpha value is -4.78. The van der Waals surface area contributed by atoms with Crippen LogP contribution in [0.25, 0.3) is 28.0 Å². The van der Waals surface area contributed by atoms with Gasteiger partial charge >= 0.3 is 5.97 Å². The van der Waals surface area contributed by atoms with E-state index in [1.807, 2.05) is 65.0 Å². The second-order valence-electron chi connectivity index (χ2n) is 12.5. The van der Waals surface area contributed by atoms with E-state index in [1.165, 1.54) is 11.1 Å². The van der Waals surface area contributed by atoms with Crippen molar-refractivity contribution in [3.05, 3.63) is 107 Å². The van der Waals surface area contributed by atoms with Crippen molar-refractivity contribution in [2.24, 2.45) is 17.9 Å². The highest BCUT2D eigenvalue weighted by molar-refractivity contribution is 6.02. The molecule has 0 fully saturated rings. The van der Waals surface area contributed by atoms with Gasteiger partial charge in [0, 0.05) is 42.1 Å². The lowest BCUT2D eigenvalue weighted by Gasteiger charge is -2.50. The summed E-state index contributed by atoms with van der Waals surface area (Å²) in [7, 11) is 1.93. The van der Waals surface area contributed by atoms with Crippen molar-refractivity contribution in [1.29, 1.82) is 0 Å². The number of allylic oxidation sites excluding steroid dienone is 2. The first-order valence-corrected chi connectivity index (χ1v) is 14.5. The highest BCUT2D eigenvalue weighted by Gasteiger charge is 2.46. The molecule has 1 aliphatic carbocycles. The van der Waals surface area contributed by atoms with Gasteiger partial charge in [-0.05, 0) is 60.9 Å². The number of aromatic nitrogens is 2. The highest BCUT2D eigenvalue weighted by atomic mass is 16.4. The predicted octanol–water partition coefficient (Wildman–Crippen LogP) is 7.04. The fourth-order valence-electron chi connectivity index (χ4n) is 7.05. The zero-order chi connectivity index (χ0) is 30.7. The summed E-state index contributed by atoms with van der Waals surface area (Å²) in [6, 6.07) is 20.2. The smallest absolute Gasteiger partial charge is 0.335 e. The molecular formula is C36H35N3O4. The molecule has 0 saturated carbocycles. The van der Waals surface area contributed by atoms with Crippen LogP contribution in [-0.4, -0.2) is 50.3 Å². The Balaban J connectivity index is 1.31. The third-order valence-corrected chi connectivity index (χ3v) is 9.23. The van der Waals surface area contributed by atoms with Gasteiger partial charge in [0.25, 0.3) is 5.91 Å². The van der Waals surface area contributed by atoms with Crippen molar-refractivity contribution in [1.82, 2.24) is 14.5 Å². The van der Waals surface area contributed by atoms with Crippen LogP contribution in [-0.2, 0) is 7.05 Å². The van der Waals surface area contributed by atoms with Gasteiger partial charge in [-0.2, -0.15) is 0 Å². The number of aryl methyl sites for hydroxylation is 1. The molecule has 1 aliphatic heterocycles. The van der Waals surface area contributed by atoms with Crippen LogP contribution in [0.15, 0.2) is 84.5 Å². The van der Waals surface area contributed by atoms with Gasteiger partial charge in [-0.3, -0.25) is 9.59 Å². The van der Waals surface area contributed by atoms with Crippen molar-refractivity contribution >= 4 is 34.3 Å². The second kappa shape index (κ2) is 10.2. The lowest BCUT2D eigenvalue weighted by Crippen LogP contribution is -2.48. The number of carbonyl (C=O) groups is 3. The van der Waals surface area contributed by atoms with E-state index in [9.17, 15) is 19.5 Å². The van der Waals surface area contributed by atoms with Crippen molar-refractivity contribution in [3.63, 3.8) is 0 Å². The molecule has 7 heteroatoms. The van der Waals surface area contributed by atoms with E-state index in [-0.39, 0.29) is 28.1 Å². The standard InChI is InChI=1S/C36H35N3O4/c1-22(40)25-14-15-30-29(20-25)37-32(38(30)5)26-8-6-7-9-27(26)33(41)39-19-17-31-35(2,3)28(16-18-36(31,4)21-39)23-10-12-24(13-11-23)34(42)43/h6-17,20H,18-19,21H2,1-5H3,(H,42,43)/t36-/m1/s1. The molecule has 0 unspecified atom stereocenters. The number of aromatic carboxylic acids is 1. The maximum atomic E-state index is 14.2. The van der Waals surface area contributed by atoms with Crippen LogP contribution in [0.5, 0.6) is 0 Å². The van der Waals surface area contributed by atoms with Crippen molar-refractivity contribution in [2.75, 3.05) is 13.1 Å². The Bertz CT molecular complexity index is 1880. The number of carbonyl (C=O) groups excluding carboxylic acids is 2. The average molecular weight is 574 g/mol. The third-order valence-electron chi connectivity index (χ3n) is 9.23. The monoisotopic (exact) mass is 573 g/mol. The van der Waals surface area contributed by atoms with Crippen molar-refractivity contribution < 1.29 is 19.5 Å². The third kappa shape index (κ3) is 4.69. The van der Waals surface area contributed by atoms with E-state index >= 15 is 0 Å². The van der Waals surface area contributed by atoms with Crippen LogP contribution in [0.1, 0.15) is 70.8 Å². The van der Waals surface area contributed by atoms with Crippen molar-refractivity contribution in [2.45, 2.75) is 34.1 Å². The number of imidazole rings is 1. The summed E-state index contributed by atoms with van der Waals surface area (Å²) >= 11 is 0. The Morgan fingerprint density at radius 3 is 2.30 bits per heavy atom. The summed E-state index contributed by atoms with van der Waals surface area (Å²) in [5.74, 6) is -0.310. The second-order valence-corrected chi connectivity index (χ2v) is 12.5. The summed E-state index contributed by atoms with van der Waals surface area (Å²) in [5.41, 5.74) is 6.81. The molecule has 0 saturated heterocycles. The van der Waals surface area contributed by atoms with Gasteiger partial charge in [0.15, 0.2) is 5.78 Å². The Kier molecular flexibility index (Phi) is 6.72. The number of carboxylic acid groups (broad SMARTS) is 1. The normalized spacial score (nSPS) is 19.4. The quantitative estimate of drug-likeness (QED) is 0.204. The number of fused-ring (bicyclic) bond motifs is 2. The molecule has 3 aromatic carbocycles. The molecule has 2 heterocycles. The van der Waals surface area contributed by atoms with Crippen LogP contribution in [0.4, 0.5) is 0 Å². The molecule has 1 amide bonds. The van der Waals surface area contributed by atoms with Crippen LogP contribution < -0.4 is 0 Å². The maximum absolute atomic E-state index is 14.2. The molecular weight excluding hydrogens is 538 g/mol. The molecule has 0 radical (unpaired) electrons. The minimum absolute atomic E-state index is 0.0142. The minimum atomic E-state index is -0.935. The summed E-state index contributed by atoms with van der Waals surface area (Å²) in [5, 5.41) is 9.31. The van der Waals surface area contributed by atoms with Gasteiger partial charge in [0.2, 0.25) is 0 Å². The molecule has 4 aromatic rings. The van der Waals surface area contributed by atoms with Gasteiger partial charge in [0.1, 0.15) is 5.82 Å². The number of nitrogens with zero attached hydrogens (tertiary/aromatic N) is 3. The molecule has 218 valence electrons. The number of Topliss-reactive ketones (excluding diaryl/α,β-unsaturated/α-hetero) is 1. The Morgan fingerprint density at radius 1 is 0.907 bits per heavy atom. The molecule has 1 N–H and O–H groups in total. The molecule has 1 atom stereocenters. The number of ketones is 1. The fraction of sp³-hybridized carbons (Fsp3) is 0.278. The van der Waals surface area contributed by atoms with Gasteiger partial charge in [-0.25, -0.2) is 9.78 Å². The summed E-state index contributed by atoms with van der Waals surface area (Å²) in [6.45, 7) is 9.27. The van der Waals surface area contributed by atoms with Gasteiger partial charge in [-0.1, -0.05) is 68.8 Å². The molecule has 2 aliphatic rings. The number of hydrogen-bond donors (Lipinski definition) is 1. The van der Waals surface area contributed by atoms with Gasteiger partial charge in [-0.15, -0.1) is 0 Å². The lowest BCUT2D eigenvalue weighted by atomic mass is 9.58. The maximum Gasteiger partial charge on any atom is 0.335 e. The number of benzene rings is 3. The molecule has 43 heavy (non-hydrogen) atoms. The van der Waals surface area contributed by atoms with E-state index in [0.717, 1.165) is 28.6 Å². The van der Waals surface area contributed by atoms with Gasteiger partial charge in [0.05, 0.1) is 22.2 Å². The predicted molar refractivity (Wildman–Crippen MR) is 168 cm³/mol. The van der Waals surface area contributed by atoms with Crippen LogP contribution in [0.2, 0.25) is 0 Å². The van der Waals surface area contributed by atoms with E-state index < -0.39 is 5.97 Å². The van der Waals surface area contributed by atoms with E-state index in [4.69, 9.17) is 4.98 Å². The van der Waals surface area contributed by atoms with E-state index in [0.29, 0.717) is 30.0 Å². The largest absolute Gasteiger partial charge is 0.478 e. The first-order valence-electron chi connectivity index (χ1n) is 14.5. The topological polar surface area (TPSA) is 92.5 Å². The summed E-state index contributed by atoms with van der Waals surface area (Å²) in [4.78, 5) is 44.2. The van der Waals surface area contributed by atoms with Crippen LogP contribution in [0.3, 0.4) is 0 Å². The SMILES string of the molecule is CC(=O)c1ccc2c(c1)nc(-c1ccccc1C(=O)N1CC=C3C(C)(C)C(c4ccc(C(=O)O)cc4)=CC[C@]3(C)C1)n2C. The Labute approximate surface area is 251 Å². The number of rotatable bonds is 5. The summed E-state index contributed by atoms with van der Waals surface area (Å²) < 4.78 is 1.97. The van der Waals surface area contributed by atoms with Gasteiger partial charge < -0.3 is 14.6 Å². The zero-order valence-electron chi connectivity index (χ0n) is 25.1.